The number of hydrogen-bond donors (Lipinski definition) is 1. The van der Waals surface area contributed by atoms with Crippen molar-refractivity contribution in [2.24, 2.45) is 0 Å². The average Bonchev–Trinajstić information content (AvgIpc) is 2.28. The van der Waals surface area contributed by atoms with Gasteiger partial charge in [0.15, 0.2) is 0 Å². The molecule has 0 aliphatic rings. The van der Waals surface area contributed by atoms with Crippen LogP contribution in [0.5, 0.6) is 0 Å². The Kier molecular flexibility index (Phi) is 2.64. The Bertz CT molecular complexity index is 347. The monoisotopic (exact) mass is 196 g/mol. The van der Waals surface area contributed by atoms with E-state index in [1.165, 1.54) is 0 Å². The topological polar surface area (TPSA) is 55.1 Å². The van der Waals surface area contributed by atoms with Gasteiger partial charge in [-0.3, -0.25) is 9.48 Å². The number of carboxylic acid groups (broad SMARTS) is 1. The van der Waals surface area contributed by atoms with Crippen molar-refractivity contribution < 1.29 is 9.90 Å². The zero-order valence-corrected chi connectivity index (χ0v) is 9.03. The van der Waals surface area contributed by atoms with Gasteiger partial charge in [-0.1, -0.05) is 20.8 Å². The molecule has 0 saturated heterocycles. The van der Waals surface area contributed by atoms with E-state index in [2.05, 4.69) is 5.10 Å². The Labute approximate surface area is 83.5 Å². The lowest BCUT2D eigenvalue weighted by Crippen LogP contribution is -2.21. The first-order valence-corrected chi connectivity index (χ1v) is 4.57. The molecule has 1 aromatic rings. The number of nitrogens with zero attached hydrogens (tertiary/aromatic N) is 2. The van der Waals surface area contributed by atoms with Gasteiger partial charge in [0.2, 0.25) is 0 Å². The molecule has 78 valence electrons. The second-order valence-corrected chi connectivity index (χ2v) is 4.47. The molecule has 4 nitrogen and oxygen atoms in total. The van der Waals surface area contributed by atoms with Crippen molar-refractivity contribution in [1.29, 1.82) is 0 Å². The highest BCUT2D eigenvalue weighted by molar-refractivity contribution is 5.66. The van der Waals surface area contributed by atoms with Gasteiger partial charge >= 0.3 is 5.97 Å². The standard InChI is InChI=1S/C10H16N2O2/c1-7-5-8(10(2,3)4)12(11-7)6-9(13)14/h5H,6H2,1-4H3,(H,13,14). The smallest absolute Gasteiger partial charge is 0.325 e. The number of aromatic nitrogens is 2. The van der Waals surface area contributed by atoms with E-state index >= 15 is 0 Å². The predicted octanol–water partition coefficient (Wildman–Crippen LogP) is 1.57. The SMILES string of the molecule is Cc1cc(C(C)(C)C)n(CC(=O)O)n1. The Morgan fingerprint density at radius 3 is 2.57 bits per heavy atom. The molecule has 1 rings (SSSR count). The number of carboxylic acids is 1. The van der Waals surface area contributed by atoms with Gasteiger partial charge in [0, 0.05) is 11.1 Å². The zero-order valence-electron chi connectivity index (χ0n) is 9.03. The number of aryl methyl sites for hydroxylation is 1. The van der Waals surface area contributed by atoms with E-state index in [0.717, 1.165) is 11.4 Å². The minimum absolute atomic E-state index is 0.0690. The summed E-state index contributed by atoms with van der Waals surface area (Å²) in [5.41, 5.74) is 1.74. The normalized spacial score (nSPS) is 11.7. The van der Waals surface area contributed by atoms with Crippen LogP contribution in [0.1, 0.15) is 32.2 Å². The van der Waals surface area contributed by atoms with Gasteiger partial charge in [-0.15, -0.1) is 0 Å². The maximum Gasteiger partial charge on any atom is 0.325 e. The van der Waals surface area contributed by atoms with Crippen LogP contribution in [-0.4, -0.2) is 20.9 Å². The largest absolute Gasteiger partial charge is 0.480 e. The van der Waals surface area contributed by atoms with Gasteiger partial charge in [0.05, 0.1) is 5.69 Å². The van der Waals surface area contributed by atoms with Crippen LogP contribution >= 0.6 is 0 Å². The molecule has 0 aliphatic heterocycles. The molecule has 1 aromatic heterocycles. The fourth-order valence-corrected chi connectivity index (χ4v) is 1.40. The lowest BCUT2D eigenvalue weighted by Gasteiger charge is -2.19. The number of aliphatic carboxylic acids is 1. The molecule has 0 fully saturated rings. The highest BCUT2D eigenvalue weighted by Crippen LogP contribution is 2.22. The minimum atomic E-state index is -0.862. The van der Waals surface area contributed by atoms with Crippen molar-refractivity contribution in [2.45, 2.75) is 39.7 Å². The van der Waals surface area contributed by atoms with Crippen LogP contribution in [0.3, 0.4) is 0 Å². The van der Waals surface area contributed by atoms with Crippen molar-refractivity contribution >= 4 is 5.97 Å². The van der Waals surface area contributed by atoms with Crippen LogP contribution in [0.4, 0.5) is 0 Å². The van der Waals surface area contributed by atoms with Gasteiger partial charge in [-0.2, -0.15) is 5.10 Å². The fourth-order valence-electron chi connectivity index (χ4n) is 1.40. The van der Waals surface area contributed by atoms with Gasteiger partial charge < -0.3 is 5.11 Å². The summed E-state index contributed by atoms with van der Waals surface area (Å²) in [4.78, 5) is 10.6. The minimum Gasteiger partial charge on any atom is -0.480 e. The maximum absolute atomic E-state index is 10.6. The molecule has 1 heterocycles. The summed E-state index contributed by atoms with van der Waals surface area (Å²) in [5.74, 6) is -0.862. The molecule has 0 unspecified atom stereocenters. The molecule has 14 heavy (non-hydrogen) atoms. The Hall–Kier alpha value is -1.32. The number of carbonyl (C=O) groups is 1. The van der Waals surface area contributed by atoms with Gasteiger partial charge in [-0.25, -0.2) is 0 Å². The molecule has 0 aromatic carbocycles. The average molecular weight is 196 g/mol. The van der Waals surface area contributed by atoms with E-state index in [4.69, 9.17) is 5.11 Å². The Morgan fingerprint density at radius 2 is 2.14 bits per heavy atom. The molecule has 0 atom stereocenters. The molecule has 0 aliphatic carbocycles. The second kappa shape index (κ2) is 3.44. The first-order chi connectivity index (χ1) is 6.30. The summed E-state index contributed by atoms with van der Waals surface area (Å²) >= 11 is 0. The predicted molar refractivity (Wildman–Crippen MR) is 53.3 cm³/mol. The highest BCUT2D eigenvalue weighted by atomic mass is 16.4. The molecule has 0 bridgehead atoms. The molecular weight excluding hydrogens is 180 g/mol. The van der Waals surface area contributed by atoms with E-state index < -0.39 is 5.97 Å². The fraction of sp³-hybridized carbons (Fsp3) is 0.600. The van der Waals surface area contributed by atoms with Gasteiger partial charge in [0.1, 0.15) is 6.54 Å². The third kappa shape index (κ3) is 2.34. The second-order valence-electron chi connectivity index (χ2n) is 4.47. The van der Waals surface area contributed by atoms with E-state index in [1.54, 1.807) is 4.68 Å². The van der Waals surface area contributed by atoms with Crippen molar-refractivity contribution in [3.05, 3.63) is 17.5 Å². The van der Waals surface area contributed by atoms with Crippen LogP contribution in [0.25, 0.3) is 0 Å². The van der Waals surface area contributed by atoms with Crippen LogP contribution in [0, 0.1) is 6.92 Å². The van der Waals surface area contributed by atoms with Crippen molar-refractivity contribution in [2.75, 3.05) is 0 Å². The van der Waals surface area contributed by atoms with Crippen molar-refractivity contribution in [1.82, 2.24) is 9.78 Å². The number of hydrogen-bond acceptors (Lipinski definition) is 2. The third-order valence-corrected chi connectivity index (χ3v) is 1.96. The summed E-state index contributed by atoms with van der Waals surface area (Å²) in [5, 5.41) is 12.9. The van der Waals surface area contributed by atoms with E-state index in [-0.39, 0.29) is 12.0 Å². The van der Waals surface area contributed by atoms with Gasteiger partial charge in [0.25, 0.3) is 0 Å². The van der Waals surface area contributed by atoms with Crippen LogP contribution in [0.15, 0.2) is 6.07 Å². The van der Waals surface area contributed by atoms with E-state index in [0.29, 0.717) is 0 Å². The maximum atomic E-state index is 10.6. The molecule has 0 spiro atoms. The Morgan fingerprint density at radius 1 is 1.57 bits per heavy atom. The van der Waals surface area contributed by atoms with Crippen LogP contribution in [-0.2, 0) is 16.8 Å². The summed E-state index contributed by atoms with van der Waals surface area (Å²) in [6.07, 6.45) is 0. The quantitative estimate of drug-likeness (QED) is 0.781. The van der Waals surface area contributed by atoms with Crippen molar-refractivity contribution in [3.8, 4) is 0 Å². The first kappa shape index (κ1) is 10.8. The first-order valence-electron chi connectivity index (χ1n) is 4.57. The molecule has 0 radical (unpaired) electrons. The summed E-state index contributed by atoms with van der Waals surface area (Å²) in [6.45, 7) is 7.93. The Balaban J connectivity index is 3.09. The number of rotatable bonds is 2. The molecule has 0 saturated carbocycles. The summed E-state index contributed by atoms with van der Waals surface area (Å²) < 4.78 is 1.55. The van der Waals surface area contributed by atoms with Crippen molar-refractivity contribution in [3.63, 3.8) is 0 Å². The van der Waals surface area contributed by atoms with Crippen LogP contribution < -0.4 is 0 Å². The van der Waals surface area contributed by atoms with E-state index in [9.17, 15) is 4.79 Å². The molecular formula is C10H16N2O2. The lowest BCUT2D eigenvalue weighted by atomic mass is 9.92. The summed E-state index contributed by atoms with van der Waals surface area (Å²) in [7, 11) is 0. The highest BCUT2D eigenvalue weighted by Gasteiger charge is 2.20. The third-order valence-electron chi connectivity index (χ3n) is 1.96. The van der Waals surface area contributed by atoms with E-state index in [1.807, 2.05) is 33.8 Å². The van der Waals surface area contributed by atoms with Gasteiger partial charge in [-0.05, 0) is 13.0 Å². The molecule has 0 amide bonds. The van der Waals surface area contributed by atoms with Crippen LogP contribution in [0.2, 0.25) is 0 Å². The summed E-state index contributed by atoms with van der Waals surface area (Å²) in [6, 6.07) is 1.93. The molecule has 4 heteroatoms. The zero-order chi connectivity index (χ0) is 10.9. The molecule has 1 N–H and O–H groups in total. The lowest BCUT2D eigenvalue weighted by molar-refractivity contribution is -0.137.